The van der Waals surface area contributed by atoms with E-state index in [9.17, 15) is 25.5 Å². The van der Waals surface area contributed by atoms with E-state index in [1.165, 1.54) is 0 Å². The van der Waals surface area contributed by atoms with E-state index in [0.717, 1.165) is 45.4 Å². The fourth-order valence-corrected chi connectivity index (χ4v) is 6.26. The Labute approximate surface area is 261 Å². The predicted octanol–water partition coefficient (Wildman–Crippen LogP) is 7.96. The summed E-state index contributed by atoms with van der Waals surface area (Å²) >= 11 is 0. The second-order valence-electron chi connectivity index (χ2n) is 11.4. The van der Waals surface area contributed by atoms with E-state index in [2.05, 4.69) is 19.1 Å². The number of benzene rings is 3. The van der Waals surface area contributed by atoms with Gasteiger partial charge in [0, 0.05) is 16.7 Å². The lowest BCUT2D eigenvalue weighted by atomic mass is 9.70. The lowest BCUT2D eigenvalue weighted by Crippen LogP contribution is -2.37. The maximum atomic E-state index is 10.9. The Hall–Kier alpha value is -5.21. The molecule has 1 aromatic heterocycles. The number of aliphatic hydroxyl groups is 5. The molecule has 3 aromatic carbocycles. The molecule has 0 radical (unpaired) electrons. The van der Waals surface area contributed by atoms with Crippen LogP contribution in [0.4, 0.5) is 0 Å². The van der Waals surface area contributed by atoms with Gasteiger partial charge in [0.15, 0.2) is 29.0 Å². The van der Waals surface area contributed by atoms with Gasteiger partial charge in [0.05, 0.1) is 5.92 Å². The van der Waals surface area contributed by atoms with Crippen molar-refractivity contribution in [1.82, 2.24) is 15.0 Å². The topological polar surface area (TPSA) is 140 Å². The monoisotopic (exact) mass is 601 g/mol. The van der Waals surface area contributed by atoms with Crippen LogP contribution >= 0.6 is 0 Å². The fourth-order valence-electron chi connectivity index (χ4n) is 6.26. The molecule has 0 saturated carbocycles. The Morgan fingerprint density at radius 1 is 0.711 bits per heavy atom. The number of allylic oxidation sites excluding steroid dienone is 4. The summed E-state index contributed by atoms with van der Waals surface area (Å²) in [5.41, 5.74) is 6.43. The molecule has 2 aliphatic carbocycles. The summed E-state index contributed by atoms with van der Waals surface area (Å²) < 4.78 is 0. The molecular formula is C37H35N3O5. The molecule has 8 nitrogen and oxygen atoms in total. The van der Waals surface area contributed by atoms with Gasteiger partial charge in [0.25, 0.3) is 0 Å². The Kier molecular flexibility index (Phi) is 8.24. The van der Waals surface area contributed by atoms with Crippen molar-refractivity contribution in [2.24, 2.45) is 11.8 Å². The molecule has 3 unspecified atom stereocenters. The van der Waals surface area contributed by atoms with Crippen molar-refractivity contribution in [1.29, 1.82) is 0 Å². The summed E-state index contributed by atoms with van der Waals surface area (Å²) in [6.45, 7) is 4.08. The first-order valence-corrected chi connectivity index (χ1v) is 15.1. The Bertz CT molecular complexity index is 1800. The SMILES string of the molecule is CCCC1=C(c2cc(-c3nc(-c4ccccc4)nc(-c4ccccc4)n3)ccc2C)C=CCC1C1C(O)=C(O)C(O)=C(O)C1O. The highest BCUT2D eigenvalue weighted by molar-refractivity contribution is 5.82. The summed E-state index contributed by atoms with van der Waals surface area (Å²) in [4.78, 5) is 14.6. The van der Waals surface area contributed by atoms with Crippen molar-refractivity contribution in [2.45, 2.75) is 39.2 Å². The van der Waals surface area contributed by atoms with Crippen molar-refractivity contribution in [2.75, 3.05) is 0 Å². The molecule has 0 amide bonds. The van der Waals surface area contributed by atoms with Gasteiger partial charge in [-0.05, 0) is 48.4 Å². The van der Waals surface area contributed by atoms with E-state index < -0.39 is 41.0 Å². The molecule has 0 bridgehead atoms. The second kappa shape index (κ2) is 12.4. The summed E-state index contributed by atoms with van der Waals surface area (Å²) in [7, 11) is 0. The van der Waals surface area contributed by atoms with Crippen LogP contribution < -0.4 is 0 Å². The largest absolute Gasteiger partial charge is 0.508 e. The predicted molar refractivity (Wildman–Crippen MR) is 174 cm³/mol. The van der Waals surface area contributed by atoms with E-state index in [0.29, 0.717) is 30.3 Å². The third kappa shape index (κ3) is 5.60. The van der Waals surface area contributed by atoms with Crippen LogP contribution in [0.25, 0.3) is 39.7 Å². The lowest BCUT2D eigenvalue weighted by Gasteiger charge is -2.36. The first kappa shape index (κ1) is 29.8. The second-order valence-corrected chi connectivity index (χ2v) is 11.4. The Balaban J connectivity index is 1.49. The van der Waals surface area contributed by atoms with Crippen molar-refractivity contribution in [3.63, 3.8) is 0 Å². The average molecular weight is 602 g/mol. The van der Waals surface area contributed by atoms with Gasteiger partial charge < -0.3 is 25.5 Å². The Morgan fingerprint density at radius 3 is 1.84 bits per heavy atom. The van der Waals surface area contributed by atoms with Gasteiger partial charge in [-0.1, -0.05) is 104 Å². The number of aryl methyl sites for hydroxylation is 1. The molecule has 0 fully saturated rings. The third-order valence-corrected chi connectivity index (χ3v) is 8.55. The number of aliphatic hydroxyl groups excluding tert-OH is 5. The van der Waals surface area contributed by atoms with Gasteiger partial charge in [-0.2, -0.15) is 0 Å². The molecule has 45 heavy (non-hydrogen) atoms. The van der Waals surface area contributed by atoms with E-state index in [1.807, 2.05) is 85.8 Å². The van der Waals surface area contributed by atoms with Gasteiger partial charge in [-0.15, -0.1) is 0 Å². The number of hydrogen-bond donors (Lipinski definition) is 5. The quantitative estimate of drug-likeness (QED) is 0.144. The summed E-state index contributed by atoms with van der Waals surface area (Å²) in [6, 6.07) is 25.7. The highest BCUT2D eigenvalue weighted by Gasteiger charge is 2.43. The number of aromatic nitrogens is 3. The molecule has 6 rings (SSSR count). The zero-order chi connectivity index (χ0) is 31.7. The van der Waals surface area contributed by atoms with Crippen LogP contribution in [-0.2, 0) is 0 Å². The normalized spacial score (nSPS) is 20.2. The maximum Gasteiger partial charge on any atom is 0.202 e. The van der Waals surface area contributed by atoms with Crippen molar-refractivity contribution in [3.05, 3.63) is 131 Å². The van der Waals surface area contributed by atoms with E-state index >= 15 is 0 Å². The van der Waals surface area contributed by atoms with E-state index in [1.54, 1.807) is 0 Å². The average Bonchev–Trinajstić information content (AvgIpc) is 3.08. The van der Waals surface area contributed by atoms with Crippen LogP contribution in [0.5, 0.6) is 0 Å². The summed E-state index contributed by atoms with van der Waals surface area (Å²) in [6.07, 6.45) is 4.37. The number of nitrogens with zero attached hydrogens (tertiary/aromatic N) is 3. The van der Waals surface area contributed by atoms with Gasteiger partial charge in [0.2, 0.25) is 5.76 Å². The summed E-state index contributed by atoms with van der Waals surface area (Å²) in [5, 5.41) is 52.6. The Morgan fingerprint density at radius 2 is 1.27 bits per heavy atom. The molecule has 228 valence electrons. The van der Waals surface area contributed by atoms with Crippen LogP contribution in [0.15, 0.2) is 120 Å². The minimum atomic E-state index is -1.57. The number of hydrogen-bond acceptors (Lipinski definition) is 8. The highest BCUT2D eigenvalue weighted by atomic mass is 16.4. The maximum absolute atomic E-state index is 10.9. The van der Waals surface area contributed by atoms with Crippen LogP contribution in [0.3, 0.4) is 0 Å². The molecule has 3 atom stereocenters. The number of rotatable bonds is 7. The van der Waals surface area contributed by atoms with E-state index in [-0.39, 0.29) is 0 Å². The van der Waals surface area contributed by atoms with Crippen molar-refractivity contribution < 1.29 is 25.5 Å². The molecule has 0 saturated heterocycles. The zero-order valence-electron chi connectivity index (χ0n) is 25.1. The summed E-state index contributed by atoms with van der Waals surface area (Å²) in [5.74, 6) is -2.83. The molecule has 4 aromatic rings. The van der Waals surface area contributed by atoms with Crippen LogP contribution in [-0.4, -0.2) is 46.6 Å². The lowest BCUT2D eigenvalue weighted by molar-refractivity contribution is 0.0440. The molecule has 2 aliphatic rings. The smallest absolute Gasteiger partial charge is 0.202 e. The van der Waals surface area contributed by atoms with Gasteiger partial charge in [-0.25, -0.2) is 15.0 Å². The molecular weight excluding hydrogens is 566 g/mol. The molecule has 0 spiro atoms. The molecule has 5 N–H and O–H groups in total. The van der Waals surface area contributed by atoms with Gasteiger partial charge >= 0.3 is 0 Å². The minimum absolute atomic E-state index is 0.438. The van der Waals surface area contributed by atoms with Crippen molar-refractivity contribution in [3.8, 4) is 34.2 Å². The van der Waals surface area contributed by atoms with Crippen molar-refractivity contribution >= 4 is 5.57 Å². The van der Waals surface area contributed by atoms with Crippen LogP contribution in [0.2, 0.25) is 0 Å². The first-order chi connectivity index (χ1) is 21.8. The standard InChI is InChI=1S/C37H35N3O5/c1-3-11-25-26(16-10-17-27(25)29-30(41)32(43)34(45)33(44)31(29)42)28-20-24(19-18-21(28)2)37-39-35(22-12-6-4-7-13-22)38-36(40-37)23-14-8-5-9-15-23/h4-10,12-16,18-20,27,29-30,41-45H,3,11,17H2,1-2H3. The highest BCUT2D eigenvalue weighted by Crippen LogP contribution is 2.46. The van der Waals surface area contributed by atoms with Gasteiger partial charge in [-0.3, -0.25) is 0 Å². The third-order valence-electron chi connectivity index (χ3n) is 8.55. The zero-order valence-corrected chi connectivity index (χ0v) is 25.1. The van der Waals surface area contributed by atoms with E-state index in [4.69, 9.17) is 15.0 Å². The van der Waals surface area contributed by atoms with Crippen LogP contribution in [0, 0.1) is 18.8 Å². The molecule has 0 aliphatic heterocycles. The first-order valence-electron chi connectivity index (χ1n) is 15.1. The molecule has 8 heteroatoms. The van der Waals surface area contributed by atoms with Crippen LogP contribution in [0.1, 0.15) is 37.3 Å². The fraction of sp³-hybridized carbons (Fsp3) is 0.216. The minimum Gasteiger partial charge on any atom is -0.508 e. The van der Waals surface area contributed by atoms with Gasteiger partial charge in [0.1, 0.15) is 11.9 Å². The molecule has 1 heterocycles.